The highest BCUT2D eigenvalue weighted by atomic mass is 16.6. The summed E-state index contributed by atoms with van der Waals surface area (Å²) in [5.41, 5.74) is 2.31. The molecular formula is C19H24N2O3. The first-order chi connectivity index (χ1) is 11.4. The number of carbonyl (C=O) groups excluding carboxylic acids is 1. The van der Waals surface area contributed by atoms with Gasteiger partial charge in [-0.15, -0.1) is 0 Å². The number of hydrogen-bond acceptors (Lipinski definition) is 4. The van der Waals surface area contributed by atoms with Crippen LogP contribution in [0.5, 0.6) is 0 Å². The van der Waals surface area contributed by atoms with Gasteiger partial charge in [0.2, 0.25) is 0 Å². The molecule has 1 unspecified atom stereocenters. The van der Waals surface area contributed by atoms with Crippen molar-refractivity contribution in [2.75, 3.05) is 6.61 Å². The molecular weight excluding hydrogens is 304 g/mol. The van der Waals surface area contributed by atoms with Crippen LogP contribution in [0.2, 0.25) is 0 Å². The number of rotatable bonds is 5. The van der Waals surface area contributed by atoms with Gasteiger partial charge in [-0.1, -0.05) is 36.4 Å². The summed E-state index contributed by atoms with van der Waals surface area (Å²) in [5.74, 6) is 0. The van der Waals surface area contributed by atoms with Crippen LogP contribution in [0, 0.1) is 0 Å². The Balaban J connectivity index is 1.97. The number of aliphatic hydroxyl groups excluding tert-OH is 1. The lowest BCUT2D eigenvalue weighted by Crippen LogP contribution is -2.42. The molecule has 0 bridgehead atoms. The Morgan fingerprint density at radius 1 is 1.21 bits per heavy atom. The maximum absolute atomic E-state index is 11.8. The maximum Gasteiger partial charge on any atom is 0.407 e. The number of alkyl carbamates (subject to hydrolysis) is 1. The lowest BCUT2D eigenvalue weighted by atomic mass is 10.1. The Labute approximate surface area is 142 Å². The minimum Gasteiger partial charge on any atom is -0.444 e. The van der Waals surface area contributed by atoms with Crippen LogP contribution >= 0.6 is 0 Å². The van der Waals surface area contributed by atoms with Gasteiger partial charge in [0, 0.05) is 11.8 Å². The average molecular weight is 328 g/mol. The Morgan fingerprint density at radius 2 is 1.92 bits per heavy atom. The molecule has 128 valence electrons. The third-order valence-corrected chi connectivity index (χ3v) is 3.32. The van der Waals surface area contributed by atoms with E-state index in [1.807, 2.05) is 42.5 Å². The number of ether oxygens (including phenoxy) is 1. The van der Waals surface area contributed by atoms with Gasteiger partial charge >= 0.3 is 6.09 Å². The molecule has 5 nitrogen and oxygen atoms in total. The van der Waals surface area contributed by atoms with Gasteiger partial charge in [-0.2, -0.15) is 0 Å². The number of aromatic nitrogens is 1. The van der Waals surface area contributed by atoms with Crippen LogP contribution in [0.15, 0.2) is 48.7 Å². The minimum atomic E-state index is -0.566. The van der Waals surface area contributed by atoms with Crippen molar-refractivity contribution in [2.45, 2.75) is 38.8 Å². The van der Waals surface area contributed by atoms with E-state index in [1.54, 1.807) is 27.0 Å². The van der Waals surface area contributed by atoms with Crippen molar-refractivity contribution in [3.05, 3.63) is 54.2 Å². The molecule has 1 aromatic heterocycles. The van der Waals surface area contributed by atoms with E-state index in [9.17, 15) is 9.90 Å². The average Bonchev–Trinajstić information content (AvgIpc) is 2.54. The number of benzene rings is 1. The highest BCUT2D eigenvalue weighted by molar-refractivity contribution is 5.68. The fraction of sp³-hybridized carbons (Fsp3) is 0.368. The van der Waals surface area contributed by atoms with E-state index in [4.69, 9.17) is 4.74 Å². The molecule has 0 saturated heterocycles. The molecule has 0 aliphatic rings. The summed E-state index contributed by atoms with van der Waals surface area (Å²) in [6.45, 7) is 5.23. The molecule has 2 N–H and O–H groups in total. The Bertz CT molecular complexity index is 649. The fourth-order valence-electron chi connectivity index (χ4n) is 2.24. The van der Waals surface area contributed by atoms with Crippen LogP contribution in [0.3, 0.4) is 0 Å². The first kappa shape index (κ1) is 17.9. The van der Waals surface area contributed by atoms with Crippen LogP contribution in [0.4, 0.5) is 4.79 Å². The zero-order chi connectivity index (χ0) is 17.6. The molecule has 5 heteroatoms. The van der Waals surface area contributed by atoms with Crippen LogP contribution in [0.1, 0.15) is 26.3 Å². The first-order valence-electron chi connectivity index (χ1n) is 7.98. The monoisotopic (exact) mass is 328 g/mol. The number of nitrogens with zero attached hydrogens (tertiary/aromatic N) is 1. The molecule has 2 aromatic rings. The Morgan fingerprint density at radius 3 is 2.46 bits per heavy atom. The molecule has 0 radical (unpaired) electrons. The molecule has 1 aromatic carbocycles. The van der Waals surface area contributed by atoms with E-state index in [0.29, 0.717) is 6.42 Å². The summed E-state index contributed by atoms with van der Waals surface area (Å²) in [6, 6.07) is 13.4. The highest BCUT2D eigenvalue weighted by Gasteiger charge is 2.19. The smallest absolute Gasteiger partial charge is 0.407 e. The van der Waals surface area contributed by atoms with E-state index in [1.165, 1.54) is 0 Å². The van der Waals surface area contributed by atoms with E-state index >= 15 is 0 Å². The Hall–Kier alpha value is -2.40. The van der Waals surface area contributed by atoms with Gasteiger partial charge in [0.15, 0.2) is 0 Å². The topological polar surface area (TPSA) is 71.5 Å². The summed E-state index contributed by atoms with van der Waals surface area (Å²) in [5, 5.41) is 12.2. The molecule has 0 fully saturated rings. The standard InChI is InChI=1S/C19H24N2O3/c1-19(2,3)24-18(23)21-16(13-22)11-14-9-10-17(20-12-14)15-7-5-4-6-8-15/h4-10,12,16,22H,11,13H2,1-3H3,(H,21,23). The van der Waals surface area contributed by atoms with Gasteiger partial charge < -0.3 is 15.2 Å². The van der Waals surface area contributed by atoms with Crippen LogP contribution in [-0.4, -0.2) is 34.4 Å². The molecule has 1 heterocycles. The second kappa shape index (κ2) is 7.93. The predicted octanol–water partition coefficient (Wildman–Crippen LogP) is 3.18. The lowest BCUT2D eigenvalue weighted by Gasteiger charge is -2.22. The normalized spacial score (nSPS) is 12.5. The van der Waals surface area contributed by atoms with E-state index < -0.39 is 17.7 Å². The van der Waals surface area contributed by atoms with E-state index in [-0.39, 0.29) is 6.61 Å². The summed E-state index contributed by atoms with van der Waals surface area (Å²) in [4.78, 5) is 16.2. The summed E-state index contributed by atoms with van der Waals surface area (Å²) < 4.78 is 5.21. The number of amides is 1. The second-order valence-electron chi connectivity index (χ2n) is 6.65. The van der Waals surface area contributed by atoms with Crippen molar-refractivity contribution < 1.29 is 14.6 Å². The second-order valence-corrected chi connectivity index (χ2v) is 6.65. The molecule has 1 atom stereocenters. The van der Waals surface area contributed by atoms with Crippen molar-refractivity contribution in [1.82, 2.24) is 10.3 Å². The minimum absolute atomic E-state index is 0.167. The van der Waals surface area contributed by atoms with Crippen LogP contribution < -0.4 is 5.32 Å². The predicted molar refractivity (Wildman–Crippen MR) is 93.6 cm³/mol. The van der Waals surface area contributed by atoms with Gasteiger partial charge in [-0.25, -0.2) is 4.79 Å². The largest absolute Gasteiger partial charge is 0.444 e. The number of aliphatic hydroxyl groups is 1. The SMILES string of the molecule is CC(C)(C)OC(=O)NC(CO)Cc1ccc(-c2ccccc2)nc1. The third kappa shape index (κ3) is 5.66. The highest BCUT2D eigenvalue weighted by Crippen LogP contribution is 2.16. The summed E-state index contributed by atoms with van der Waals surface area (Å²) in [6.07, 6.45) is 1.72. The van der Waals surface area contributed by atoms with Crippen molar-refractivity contribution >= 4 is 6.09 Å². The molecule has 24 heavy (non-hydrogen) atoms. The summed E-state index contributed by atoms with van der Waals surface area (Å²) in [7, 11) is 0. The summed E-state index contributed by atoms with van der Waals surface area (Å²) >= 11 is 0. The van der Waals surface area contributed by atoms with Crippen LogP contribution in [0.25, 0.3) is 11.3 Å². The lowest BCUT2D eigenvalue weighted by molar-refractivity contribution is 0.0483. The van der Waals surface area contributed by atoms with E-state index in [2.05, 4.69) is 10.3 Å². The fourth-order valence-corrected chi connectivity index (χ4v) is 2.24. The van der Waals surface area contributed by atoms with Crippen molar-refractivity contribution in [1.29, 1.82) is 0 Å². The maximum atomic E-state index is 11.8. The van der Waals surface area contributed by atoms with Crippen molar-refractivity contribution in [2.24, 2.45) is 0 Å². The molecule has 0 aliphatic carbocycles. The van der Waals surface area contributed by atoms with Gasteiger partial charge in [0.05, 0.1) is 18.3 Å². The van der Waals surface area contributed by atoms with Gasteiger partial charge in [0.1, 0.15) is 5.60 Å². The third-order valence-electron chi connectivity index (χ3n) is 3.32. The van der Waals surface area contributed by atoms with Crippen molar-refractivity contribution in [3.63, 3.8) is 0 Å². The number of pyridine rings is 1. The molecule has 0 saturated carbocycles. The van der Waals surface area contributed by atoms with Gasteiger partial charge in [-0.3, -0.25) is 4.98 Å². The molecule has 0 aliphatic heterocycles. The molecule has 0 spiro atoms. The van der Waals surface area contributed by atoms with Crippen molar-refractivity contribution in [3.8, 4) is 11.3 Å². The number of hydrogen-bond donors (Lipinski definition) is 2. The van der Waals surface area contributed by atoms with Gasteiger partial charge in [-0.05, 0) is 38.8 Å². The first-order valence-corrected chi connectivity index (χ1v) is 7.98. The zero-order valence-corrected chi connectivity index (χ0v) is 14.3. The quantitative estimate of drug-likeness (QED) is 0.884. The van der Waals surface area contributed by atoms with E-state index in [0.717, 1.165) is 16.8 Å². The number of carbonyl (C=O) groups is 1. The molecule has 2 rings (SSSR count). The number of nitrogens with one attached hydrogen (secondary N) is 1. The van der Waals surface area contributed by atoms with Gasteiger partial charge in [0.25, 0.3) is 0 Å². The molecule has 1 amide bonds. The van der Waals surface area contributed by atoms with Crippen LogP contribution in [-0.2, 0) is 11.2 Å². The zero-order valence-electron chi connectivity index (χ0n) is 14.3. The Kier molecular flexibility index (Phi) is 5.93.